The van der Waals surface area contributed by atoms with E-state index >= 15 is 4.39 Å². The Bertz CT molecular complexity index is 1760. The van der Waals surface area contributed by atoms with Crippen molar-refractivity contribution in [2.45, 2.75) is 37.5 Å². The van der Waals surface area contributed by atoms with Crippen molar-refractivity contribution in [3.63, 3.8) is 0 Å². The molecule has 2 fully saturated rings. The van der Waals surface area contributed by atoms with Crippen LogP contribution in [0.25, 0.3) is 16.8 Å². The second-order valence-corrected chi connectivity index (χ2v) is 11.2. The highest BCUT2D eigenvalue weighted by Crippen LogP contribution is 2.33. The molecule has 1 aromatic carbocycles. The summed E-state index contributed by atoms with van der Waals surface area (Å²) in [5.74, 6) is -4.32. The second kappa shape index (κ2) is 12.0. The van der Waals surface area contributed by atoms with Crippen molar-refractivity contribution in [1.29, 1.82) is 0 Å². The summed E-state index contributed by atoms with van der Waals surface area (Å²) in [6.45, 7) is 0.360. The third-order valence-electron chi connectivity index (χ3n) is 8.15. The zero-order valence-corrected chi connectivity index (χ0v) is 24.2. The Hall–Kier alpha value is -4.79. The van der Waals surface area contributed by atoms with Crippen LogP contribution < -0.4 is 15.8 Å². The maximum Gasteiger partial charge on any atom is 0.257 e. The van der Waals surface area contributed by atoms with E-state index in [1.165, 1.54) is 48.8 Å². The first-order valence-electron chi connectivity index (χ1n) is 14.3. The lowest BCUT2D eigenvalue weighted by Crippen LogP contribution is -2.42. The number of amides is 2. The Balaban J connectivity index is 1.25. The number of halogens is 4. The molecule has 0 unspecified atom stereocenters. The van der Waals surface area contributed by atoms with Gasteiger partial charge in [0.2, 0.25) is 5.88 Å². The lowest BCUT2D eigenvalue weighted by Gasteiger charge is -2.31. The molecule has 15 heteroatoms. The number of ether oxygens (including phenoxy) is 1. The van der Waals surface area contributed by atoms with E-state index in [1.54, 1.807) is 10.6 Å². The van der Waals surface area contributed by atoms with Crippen molar-refractivity contribution in [3.05, 3.63) is 71.4 Å². The molecular weight excluding hydrogens is 596 g/mol. The summed E-state index contributed by atoms with van der Waals surface area (Å²) in [7, 11) is 1.34. The fourth-order valence-corrected chi connectivity index (χ4v) is 5.78. The van der Waals surface area contributed by atoms with E-state index in [9.17, 15) is 22.8 Å². The summed E-state index contributed by atoms with van der Waals surface area (Å²) < 4.78 is 63.0. The Labute approximate surface area is 255 Å². The van der Waals surface area contributed by atoms with Gasteiger partial charge >= 0.3 is 0 Å². The molecule has 2 amide bonds. The molecule has 45 heavy (non-hydrogen) atoms. The molecule has 0 radical (unpaired) electrons. The minimum Gasteiger partial charge on any atom is -0.480 e. The van der Waals surface area contributed by atoms with Gasteiger partial charge in [-0.25, -0.2) is 32.0 Å². The molecule has 2 saturated heterocycles. The van der Waals surface area contributed by atoms with E-state index in [0.717, 1.165) is 6.07 Å². The van der Waals surface area contributed by atoms with Crippen LogP contribution in [0.2, 0.25) is 0 Å². The number of pyridine rings is 1. The number of fused-ring (bicyclic) bond motifs is 1. The number of nitrogens with two attached hydrogens (primary N) is 1. The number of anilines is 1. The lowest BCUT2D eigenvalue weighted by molar-refractivity contribution is -0.0565. The van der Waals surface area contributed by atoms with Crippen LogP contribution in [-0.2, 0) is 6.54 Å². The van der Waals surface area contributed by atoms with Crippen LogP contribution in [0.3, 0.4) is 0 Å². The Kier molecular flexibility index (Phi) is 8.03. The van der Waals surface area contributed by atoms with Crippen molar-refractivity contribution in [2.75, 3.05) is 39.0 Å². The van der Waals surface area contributed by atoms with Crippen molar-refractivity contribution < 1.29 is 31.9 Å². The molecule has 4 aromatic rings. The van der Waals surface area contributed by atoms with Crippen molar-refractivity contribution in [3.8, 4) is 17.1 Å². The van der Waals surface area contributed by atoms with Crippen molar-refractivity contribution in [2.24, 2.45) is 0 Å². The molecule has 2 atom stereocenters. The molecular formula is C30H30F4N8O3. The number of likely N-dealkylation sites (tertiary alicyclic amines) is 2. The maximum atomic E-state index is 15.0. The number of piperidine rings is 1. The largest absolute Gasteiger partial charge is 0.480 e. The number of rotatable bonds is 7. The van der Waals surface area contributed by atoms with E-state index in [1.807, 2.05) is 4.90 Å². The monoisotopic (exact) mass is 626 g/mol. The van der Waals surface area contributed by atoms with Gasteiger partial charge in [-0.2, -0.15) is 5.10 Å². The average Bonchev–Trinajstić information content (AvgIpc) is 3.58. The van der Waals surface area contributed by atoms with Crippen molar-refractivity contribution >= 4 is 23.1 Å². The van der Waals surface area contributed by atoms with Crippen LogP contribution in [0.5, 0.6) is 5.88 Å². The second-order valence-electron chi connectivity index (χ2n) is 11.2. The molecule has 2 aliphatic heterocycles. The van der Waals surface area contributed by atoms with Crippen LogP contribution in [0.4, 0.5) is 23.4 Å². The van der Waals surface area contributed by atoms with Gasteiger partial charge in [0.25, 0.3) is 17.7 Å². The smallest absolute Gasteiger partial charge is 0.257 e. The maximum absolute atomic E-state index is 15.0. The van der Waals surface area contributed by atoms with E-state index in [2.05, 4.69) is 20.4 Å². The topological polar surface area (TPSA) is 131 Å². The van der Waals surface area contributed by atoms with Gasteiger partial charge in [0.05, 0.1) is 25.4 Å². The first-order chi connectivity index (χ1) is 21.5. The van der Waals surface area contributed by atoms with E-state index < -0.39 is 35.8 Å². The standard InChI is InChI=1S/C30H30F4N8O3/c1-45-28-21(27(43)39-23-15-41(14-22(23)32)29(44)17-3-2-4-20(31)9-17)10-18(12-36-28)24-11-19(25-26(35)37-16-38-42(24)25)13-40-7-5-30(33,34)6-8-40/h2-4,9-12,16,22-23H,5-8,13-15H2,1H3,(H,39,43)(H2,35,37,38)/t22-,23+/m0/s1. The fraction of sp³-hybridized carbons (Fsp3) is 0.367. The number of nitrogens with zero attached hydrogens (tertiary/aromatic N) is 6. The highest BCUT2D eigenvalue weighted by atomic mass is 19.3. The molecule has 236 valence electrons. The van der Waals surface area contributed by atoms with Crippen LogP contribution in [0, 0.1) is 5.82 Å². The lowest BCUT2D eigenvalue weighted by atomic mass is 10.1. The van der Waals surface area contributed by atoms with Gasteiger partial charge in [-0.05, 0) is 35.9 Å². The Morgan fingerprint density at radius 2 is 1.91 bits per heavy atom. The van der Waals surface area contributed by atoms with Crippen LogP contribution in [0.15, 0.2) is 48.9 Å². The molecule has 0 spiro atoms. The normalized spacial score (nSPS) is 20.0. The molecule has 3 aromatic heterocycles. The van der Waals surface area contributed by atoms with E-state index in [4.69, 9.17) is 10.5 Å². The number of aromatic nitrogens is 4. The first-order valence-corrected chi connectivity index (χ1v) is 14.3. The summed E-state index contributed by atoms with van der Waals surface area (Å²) >= 11 is 0. The predicted octanol–water partition coefficient (Wildman–Crippen LogP) is 3.34. The molecule has 3 N–H and O–H groups in total. The number of nitrogen functional groups attached to an aromatic ring is 1. The summed E-state index contributed by atoms with van der Waals surface area (Å²) in [5, 5.41) is 6.97. The Morgan fingerprint density at radius 3 is 2.64 bits per heavy atom. The number of hydrogen-bond acceptors (Lipinski definition) is 8. The fourth-order valence-electron chi connectivity index (χ4n) is 5.78. The molecule has 0 saturated carbocycles. The van der Waals surface area contributed by atoms with Crippen LogP contribution in [-0.4, -0.2) is 92.6 Å². The van der Waals surface area contributed by atoms with Crippen molar-refractivity contribution in [1.82, 2.24) is 34.7 Å². The molecule has 0 bridgehead atoms. The quantitative estimate of drug-likeness (QED) is 0.299. The number of benzene rings is 1. The van der Waals surface area contributed by atoms with Gasteiger partial charge in [-0.3, -0.25) is 14.5 Å². The number of carbonyl (C=O) groups is 2. The third-order valence-corrected chi connectivity index (χ3v) is 8.15. The summed E-state index contributed by atoms with van der Waals surface area (Å²) in [5.41, 5.74) is 8.48. The van der Waals surface area contributed by atoms with E-state index in [0.29, 0.717) is 28.9 Å². The van der Waals surface area contributed by atoms with Crippen LogP contribution >= 0.6 is 0 Å². The van der Waals surface area contributed by atoms with Gasteiger partial charge in [0, 0.05) is 56.3 Å². The number of methoxy groups -OCH3 is 1. The molecule has 5 heterocycles. The number of hydrogen-bond donors (Lipinski definition) is 2. The first kappa shape index (κ1) is 30.2. The highest BCUT2D eigenvalue weighted by molar-refractivity contribution is 5.98. The molecule has 2 aliphatic rings. The average molecular weight is 627 g/mol. The predicted molar refractivity (Wildman–Crippen MR) is 155 cm³/mol. The zero-order valence-electron chi connectivity index (χ0n) is 24.2. The Morgan fingerprint density at radius 1 is 1.13 bits per heavy atom. The SMILES string of the molecule is COc1ncc(-c2cc(CN3CCC(F)(F)CC3)c3c(N)ncnn23)cc1C(=O)N[C@@H]1CN(C(=O)c2cccc(F)c2)C[C@@H]1F. The van der Waals surface area contributed by atoms with Gasteiger partial charge in [0.15, 0.2) is 5.82 Å². The molecule has 6 rings (SSSR count). The van der Waals surface area contributed by atoms with Gasteiger partial charge in [-0.1, -0.05) is 6.07 Å². The number of alkyl halides is 3. The summed E-state index contributed by atoms with van der Waals surface area (Å²) in [6.07, 6.45) is 0.708. The molecule has 0 aliphatic carbocycles. The molecule has 11 nitrogen and oxygen atoms in total. The van der Waals surface area contributed by atoms with E-state index in [-0.39, 0.29) is 61.8 Å². The van der Waals surface area contributed by atoms with Gasteiger partial charge < -0.3 is 20.7 Å². The van der Waals surface area contributed by atoms with Gasteiger partial charge in [-0.15, -0.1) is 0 Å². The van der Waals surface area contributed by atoms with Gasteiger partial charge in [0.1, 0.15) is 29.4 Å². The summed E-state index contributed by atoms with van der Waals surface area (Å²) in [6, 6.07) is 7.39. The summed E-state index contributed by atoms with van der Waals surface area (Å²) in [4.78, 5) is 37.8. The minimum absolute atomic E-state index is 0.00824. The highest BCUT2D eigenvalue weighted by Gasteiger charge is 2.38. The van der Waals surface area contributed by atoms with Crippen LogP contribution in [0.1, 0.15) is 39.1 Å². The zero-order chi connectivity index (χ0) is 31.9. The number of carbonyl (C=O) groups excluding carboxylic acids is 2. The third kappa shape index (κ3) is 6.12. The minimum atomic E-state index is -2.69. The number of nitrogens with one attached hydrogen (secondary N) is 1.